The molecule has 0 radical (unpaired) electrons. The number of rotatable bonds is 6. The normalized spacial score (nSPS) is 14.7. The molecule has 0 aliphatic carbocycles. The summed E-state index contributed by atoms with van der Waals surface area (Å²) in [6, 6.07) is 14.9. The van der Waals surface area contributed by atoms with Gasteiger partial charge in [0.25, 0.3) is 5.91 Å². The quantitative estimate of drug-likeness (QED) is 0.614. The molecule has 3 aromatic rings. The Hall–Kier alpha value is -3.16. The van der Waals surface area contributed by atoms with E-state index >= 15 is 0 Å². The zero-order valence-corrected chi connectivity index (χ0v) is 17.5. The molecule has 2 aromatic carbocycles. The van der Waals surface area contributed by atoms with Gasteiger partial charge in [-0.25, -0.2) is 4.79 Å². The van der Waals surface area contributed by atoms with E-state index in [-0.39, 0.29) is 19.1 Å². The maximum atomic E-state index is 12.6. The number of piperazine rings is 1. The zero-order valence-electron chi connectivity index (χ0n) is 17.5. The highest BCUT2D eigenvalue weighted by Crippen LogP contribution is 2.33. The Labute approximate surface area is 180 Å². The maximum absolute atomic E-state index is 12.6. The van der Waals surface area contributed by atoms with Gasteiger partial charge in [-0.05, 0) is 30.2 Å². The van der Waals surface area contributed by atoms with Gasteiger partial charge in [0.05, 0.1) is 6.61 Å². The fourth-order valence-corrected chi connectivity index (χ4v) is 3.95. The number of benzene rings is 2. The summed E-state index contributed by atoms with van der Waals surface area (Å²) in [7, 11) is 0. The van der Waals surface area contributed by atoms with Gasteiger partial charge in [-0.1, -0.05) is 30.3 Å². The van der Waals surface area contributed by atoms with Crippen LogP contribution < -0.4 is 10.4 Å². The van der Waals surface area contributed by atoms with Gasteiger partial charge < -0.3 is 19.2 Å². The van der Waals surface area contributed by atoms with Gasteiger partial charge in [-0.15, -0.1) is 0 Å². The van der Waals surface area contributed by atoms with Crippen molar-refractivity contribution >= 4 is 16.9 Å². The molecule has 162 valence electrons. The number of hydrogen-bond acceptors (Lipinski definition) is 6. The molecule has 0 bridgehead atoms. The molecule has 0 atom stereocenters. The first-order valence-corrected chi connectivity index (χ1v) is 10.4. The second kappa shape index (κ2) is 9.32. The van der Waals surface area contributed by atoms with Crippen molar-refractivity contribution in [1.82, 2.24) is 9.80 Å². The van der Waals surface area contributed by atoms with Crippen LogP contribution in [0.25, 0.3) is 22.1 Å². The van der Waals surface area contributed by atoms with Crippen LogP contribution in [0, 0.1) is 6.92 Å². The van der Waals surface area contributed by atoms with Crippen LogP contribution in [-0.4, -0.2) is 66.8 Å². The highest BCUT2D eigenvalue weighted by molar-refractivity contribution is 5.95. The lowest BCUT2D eigenvalue weighted by molar-refractivity contribution is -0.135. The van der Waals surface area contributed by atoms with E-state index in [0.717, 1.165) is 29.6 Å². The van der Waals surface area contributed by atoms with E-state index in [9.17, 15) is 9.59 Å². The number of fused-ring (bicyclic) bond motifs is 1. The van der Waals surface area contributed by atoms with Crippen LogP contribution in [0.2, 0.25) is 0 Å². The van der Waals surface area contributed by atoms with Crippen LogP contribution >= 0.6 is 0 Å². The molecule has 1 aliphatic rings. The fourth-order valence-electron chi connectivity index (χ4n) is 3.95. The number of aliphatic hydroxyl groups excluding tert-OH is 1. The largest absolute Gasteiger partial charge is 0.483 e. The first-order valence-electron chi connectivity index (χ1n) is 10.4. The number of hydrogen-bond donors (Lipinski definition) is 1. The van der Waals surface area contributed by atoms with Crippen LogP contribution in [-0.2, 0) is 4.79 Å². The minimum Gasteiger partial charge on any atom is -0.483 e. The number of aliphatic hydroxyl groups is 1. The molecule has 1 N–H and O–H groups in total. The van der Waals surface area contributed by atoms with Crippen LogP contribution in [0.5, 0.6) is 5.75 Å². The Morgan fingerprint density at radius 1 is 1.10 bits per heavy atom. The molecule has 2 heterocycles. The predicted molar refractivity (Wildman–Crippen MR) is 118 cm³/mol. The second-order valence-corrected chi connectivity index (χ2v) is 7.65. The lowest BCUT2D eigenvalue weighted by Crippen LogP contribution is -2.50. The summed E-state index contributed by atoms with van der Waals surface area (Å²) in [6.07, 6.45) is 0. The summed E-state index contributed by atoms with van der Waals surface area (Å²) in [4.78, 5) is 28.7. The predicted octanol–water partition coefficient (Wildman–Crippen LogP) is 2.28. The minimum atomic E-state index is -0.427. The second-order valence-electron chi connectivity index (χ2n) is 7.65. The molecule has 1 aliphatic heterocycles. The Balaban J connectivity index is 1.51. The third-order valence-electron chi connectivity index (χ3n) is 5.69. The molecule has 1 saturated heterocycles. The molecular formula is C24H26N2O5. The van der Waals surface area contributed by atoms with E-state index in [2.05, 4.69) is 4.90 Å². The number of amides is 1. The van der Waals surface area contributed by atoms with Crippen LogP contribution in [0.1, 0.15) is 5.56 Å². The molecule has 7 nitrogen and oxygen atoms in total. The van der Waals surface area contributed by atoms with E-state index < -0.39 is 5.63 Å². The molecule has 1 fully saturated rings. The monoisotopic (exact) mass is 422 g/mol. The summed E-state index contributed by atoms with van der Waals surface area (Å²) in [6.45, 7) is 5.24. The van der Waals surface area contributed by atoms with Crippen molar-refractivity contribution in [2.45, 2.75) is 6.92 Å². The van der Waals surface area contributed by atoms with E-state index in [1.54, 1.807) is 4.90 Å². The van der Waals surface area contributed by atoms with Crippen LogP contribution in [0.3, 0.4) is 0 Å². The van der Waals surface area contributed by atoms with Crippen molar-refractivity contribution in [2.24, 2.45) is 0 Å². The first-order chi connectivity index (χ1) is 15.1. The third-order valence-corrected chi connectivity index (χ3v) is 5.69. The average molecular weight is 422 g/mol. The standard InChI is InChI=1S/C24H26N2O5/c1-17-21(30-16-22(28)26-11-9-25(10-12-26)13-14-27)8-7-19-20(15-23(29)31-24(17)19)18-5-3-2-4-6-18/h2-8,15,27H,9-14,16H2,1H3. The summed E-state index contributed by atoms with van der Waals surface area (Å²) < 4.78 is 11.3. The van der Waals surface area contributed by atoms with Gasteiger partial charge in [-0.2, -0.15) is 0 Å². The summed E-state index contributed by atoms with van der Waals surface area (Å²) in [5, 5.41) is 9.86. The van der Waals surface area contributed by atoms with Gasteiger partial charge in [-0.3, -0.25) is 9.69 Å². The summed E-state index contributed by atoms with van der Waals surface area (Å²) >= 11 is 0. The number of nitrogens with zero attached hydrogens (tertiary/aromatic N) is 2. The number of ether oxygens (including phenoxy) is 1. The molecule has 0 unspecified atom stereocenters. The van der Waals surface area contributed by atoms with Gasteiger partial charge in [0.2, 0.25) is 0 Å². The molecule has 31 heavy (non-hydrogen) atoms. The highest BCUT2D eigenvalue weighted by atomic mass is 16.5. The smallest absolute Gasteiger partial charge is 0.336 e. The van der Waals surface area contributed by atoms with Crippen molar-refractivity contribution in [1.29, 1.82) is 0 Å². The molecule has 7 heteroatoms. The molecular weight excluding hydrogens is 396 g/mol. The van der Waals surface area contributed by atoms with Crippen molar-refractivity contribution in [2.75, 3.05) is 45.9 Å². The van der Waals surface area contributed by atoms with E-state index in [1.165, 1.54) is 6.07 Å². The van der Waals surface area contributed by atoms with Gasteiger partial charge >= 0.3 is 5.63 Å². The molecule has 4 rings (SSSR count). The highest BCUT2D eigenvalue weighted by Gasteiger charge is 2.21. The van der Waals surface area contributed by atoms with Crippen molar-refractivity contribution in [3.8, 4) is 16.9 Å². The number of β-amino-alcohol motifs (C(OH)–C–C–N with tert-alkyl or cyclic N) is 1. The minimum absolute atomic E-state index is 0.0744. The third kappa shape index (κ3) is 4.62. The Morgan fingerprint density at radius 3 is 2.55 bits per heavy atom. The fraction of sp³-hybridized carbons (Fsp3) is 0.333. The van der Waals surface area contributed by atoms with Crippen LogP contribution in [0.15, 0.2) is 57.7 Å². The van der Waals surface area contributed by atoms with Crippen LogP contribution in [0.4, 0.5) is 0 Å². The van der Waals surface area contributed by atoms with E-state index in [4.69, 9.17) is 14.3 Å². The molecule has 0 saturated carbocycles. The zero-order chi connectivity index (χ0) is 21.8. The Kier molecular flexibility index (Phi) is 6.34. The lowest BCUT2D eigenvalue weighted by Gasteiger charge is -2.34. The SMILES string of the molecule is Cc1c(OCC(=O)N2CCN(CCO)CC2)ccc2c(-c3ccccc3)cc(=O)oc12. The van der Waals surface area contributed by atoms with E-state index in [0.29, 0.717) is 36.5 Å². The number of carbonyl (C=O) groups excluding carboxylic acids is 1. The molecule has 1 aromatic heterocycles. The van der Waals surface area contributed by atoms with Gasteiger partial charge in [0.15, 0.2) is 6.61 Å². The Morgan fingerprint density at radius 2 is 1.84 bits per heavy atom. The van der Waals surface area contributed by atoms with Gasteiger partial charge in [0, 0.05) is 49.7 Å². The van der Waals surface area contributed by atoms with E-state index in [1.807, 2.05) is 49.4 Å². The molecule has 1 amide bonds. The average Bonchev–Trinajstić information content (AvgIpc) is 2.79. The maximum Gasteiger partial charge on any atom is 0.336 e. The number of carbonyl (C=O) groups is 1. The van der Waals surface area contributed by atoms with Crippen molar-refractivity contribution in [3.63, 3.8) is 0 Å². The lowest BCUT2D eigenvalue weighted by atomic mass is 10.0. The number of aryl methyl sites for hydroxylation is 1. The first kappa shape index (κ1) is 21.1. The summed E-state index contributed by atoms with van der Waals surface area (Å²) in [5.74, 6) is 0.441. The van der Waals surface area contributed by atoms with Crippen molar-refractivity contribution < 1.29 is 19.1 Å². The van der Waals surface area contributed by atoms with Crippen molar-refractivity contribution in [3.05, 3.63) is 64.5 Å². The van der Waals surface area contributed by atoms with Gasteiger partial charge in [0.1, 0.15) is 11.3 Å². The Bertz CT molecular complexity index is 1120. The summed E-state index contributed by atoms with van der Waals surface area (Å²) in [5.41, 5.74) is 2.47. The molecule has 0 spiro atoms. The topological polar surface area (TPSA) is 83.2 Å².